The second-order valence-electron chi connectivity index (χ2n) is 9.57. The van der Waals surface area contributed by atoms with Crippen LogP contribution in [0.25, 0.3) is 0 Å². The third-order valence-corrected chi connectivity index (χ3v) is 5.61. The number of nitrogens with zero attached hydrogens (tertiary/aromatic N) is 1. The summed E-state index contributed by atoms with van der Waals surface area (Å²) in [6, 6.07) is 0.617. The summed E-state index contributed by atoms with van der Waals surface area (Å²) >= 11 is 5.66. The number of carbonyl (C=O) groups is 1. The van der Waals surface area contributed by atoms with Gasteiger partial charge in [-0.3, -0.25) is 9.69 Å². The fourth-order valence-corrected chi connectivity index (χ4v) is 4.39. The highest BCUT2D eigenvalue weighted by molar-refractivity contribution is 7.80. The van der Waals surface area contributed by atoms with Gasteiger partial charge in [-0.15, -0.1) is 0 Å². The van der Waals surface area contributed by atoms with Crippen LogP contribution in [-0.2, 0) is 4.79 Å². The molecule has 28 heavy (non-hydrogen) atoms. The van der Waals surface area contributed by atoms with E-state index in [0.29, 0.717) is 17.2 Å². The molecule has 5 nitrogen and oxygen atoms in total. The molecule has 1 rings (SSSR count). The van der Waals surface area contributed by atoms with Gasteiger partial charge in [-0.2, -0.15) is 0 Å². The lowest BCUT2D eigenvalue weighted by Crippen LogP contribution is -2.60. The van der Waals surface area contributed by atoms with Gasteiger partial charge in [0.1, 0.15) is 6.04 Å². The van der Waals surface area contributed by atoms with Gasteiger partial charge in [0.25, 0.3) is 0 Å². The highest BCUT2D eigenvalue weighted by atomic mass is 32.1. The molecule has 6 heteroatoms. The Hall–Kier alpha value is -0.880. The number of nitrogens with one attached hydrogen (secondary N) is 3. The summed E-state index contributed by atoms with van der Waals surface area (Å²) in [5.41, 5.74) is -0.229. The average Bonchev–Trinajstić information content (AvgIpc) is 2.58. The van der Waals surface area contributed by atoms with E-state index in [1.54, 1.807) is 0 Å². The maximum absolute atomic E-state index is 12.7. The van der Waals surface area contributed by atoms with Gasteiger partial charge in [0.15, 0.2) is 5.11 Å². The molecular formula is C22H44N4OS. The van der Waals surface area contributed by atoms with Crippen LogP contribution < -0.4 is 16.0 Å². The number of rotatable bonds is 9. The standard InChI is InChI=1S/C22H44N4OS/c1-8-14-26(15-9-2)18-13-11-10-12-17(18)24-21(28)25-19(22(5,6)7)20(27)23-16(3)4/h16-19H,8-15H2,1-7H3,(H,23,27)(H2,24,25,28)/t17-,18-,19+/m0/s1. The van der Waals surface area contributed by atoms with Crippen LogP contribution in [0.15, 0.2) is 0 Å². The van der Waals surface area contributed by atoms with Crippen molar-refractivity contribution in [2.45, 2.75) is 111 Å². The fraction of sp³-hybridized carbons (Fsp3) is 0.909. The van der Waals surface area contributed by atoms with Gasteiger partial charge in [0.05, 0.1) is 0 Å². The van der Waals surface area contributed by atoms with E-state index in [2.05, 4.69) is 55.5 Å². The van der Waals surface area contributed by atoms with Crippen molar-refractivity contribution in [3.8, 4) is 0 Å². The minimum absolute atomic E-state index is 0.00503. The molecule has 3 N–H and O–H groups in total. The summed E-state index contributed by atoms with van der Waals surface area (Å²) in [5.74, 6) is 0.00503. The second kappa shape index (κ2) is 12.0. The Morgan fingerprint density at radius 3 is 2.14 bits per heavy atom. The van der Waals surface area contributed by atoms with Crippen molar-refractivity contribution >= 4 is 23.2 Å². The number of thiocarbonyl (C=S) groups is 1. The lowest BCUT2D eigenvalue weighted by atomic mass is 9.86. The van der Waals surface area contributed by atoms with Crippen LogP contribution in [0.4, 0.5) is 0 Å². The van der Waals surface area contributed by atoms with E-state index in [1.165, 1.54) is 32.1 Å². The van der Waals surface area contributed by atoms with E-state index < -0.39 is 0 Å². The zero-order chi connectivity index (χ0) is 21.3. The molecule has 0 aliphatic heterocycles. The van der Waals surface area contributed by atoms with E-state index >= 15 is 0 Å². The molecule has 0 radical (unpaired) electrons. The predicted molar refractivity (Wildman–Crippen MR) is 124 cm³/mol. The monoisotopic (exact) mass is 412 g/mol. The van der Waals surface area contributed by atoms with Crippen molar-refractivity contribution in [1.29, 1.82) is 0 Å². The maximum atomic E-state index is 12.7. The third kappa shape index (κ3) is 8.24. The first-order valence-electron chi connectivity index (χ1n) is 11.2. The van der Waals surface area contributed by atoms with Crippen LogP contribution >= 0.6 is 12.2 Å². The minimum atomic E-state index is -0.362. The van der Waals surface area contributed by atoms with Crippen molar-refractivity contribution in [1.82, 2.24) is 20.9 Å². The minimum Gasteiger partial charge on any atom is -0.358 e. The molecule has 0 unspecified atom stereocenters. The Balaban J connectivity index is 2.81. The molecule has 1 aliphatic rings. The van der Waals surface area contributed by atoms with E-state index in [9.17, 15) is 4.79 Å². The molecule has 1 aliphatic carbocycles. The summed E-state index contributed by atoms with van der Waals surface area (Å²) in [6.45, 7) is 17.0. The van der Waals surface area contributed by atoms with Crippen LogP contribution in [0.3, 0.4) is 0 Å². The number of amides is 1. The summed E-state index contributed by atoms with van der Waals surface area (Å²) in [5, 5.41) is 10.5. The van der Waals surface area contributed by atoms with E-state index in [1.807, 2.05) is 13.8 Å². The van der Waals surface area contributed by atoms with Crippen molar-refractivity contribution in [3.63, 3.8) is 0 Å². The quantitative estimate of drug-likeness (QED) is 0.503. The van der Waals surface area contributed by atoms with Gasteiger partial charge in [0.2, 0.25) is 5.91 Å². The summed E-state index contributed by atoms with van der Waals surface area (Å²) in [6.07, 6.45) is 7.22. The van der Waals surface area contributed by atoms with Gasteiger partial charge >= 0.3 is 0 Å². The molecular weight excluding hydrogens is 368 g/mol. The van der Waals surface area contributed by atoms with Gasteiger partial charge in [-0.05, 0) is 70.3 Å². The molecule has 1 amide bonds. The Morgan fingerprint density at radius 1 is 1.07 bits per heavy atom. The van der Waals surface area contributed by atoms with Gasteiger partial charge in [-0.25, -0.2) is 0 Å². The normalized spacial score (nSPS) is 21.5. The van der Waals surface area contributed by atoms with Crippen molar-refractivity contribution < 1.29 is 4.79 Å². The van der Waals surface area contributed by atoms with Crippen LogP contribution in [0.5, 0.6) is 0 Å². The number of carbonyl (C=O) groups excluding carboxylic acids is 1. The largest absolute Gasteiger partial charge is 0.358 e. The Kier molecular flexibility index (Phi) is 10.7. The van der Waals surface area contributed by atoms with Crippen LogP contribution in [0.2, 0.25) is 0 Å². The zero-order valence-corrected chi connectivity index (χ0v) is 20.0. The SMILES string of the molecule is CCCN(CCC)[C@H]1CCCC[C@@H]1NC(=S)N[C@H](C(=O)NC(C)C)C(C)(C)C. The smallest absolute Gasteiger partial charge is 0.243 e. The maximum Gasteiger partial charge on any atom is 0.243 e. The molecule has 0 heterocycles. The fourth-order valence-electron chi connectivity index (χ4n) is 4.12. The Labute approximate surface area is 178 Å². The third-order valence-electron chi connectivity index (χ3n) is 5.37. The predicted octanol–water partition coefficient (Wildman–Crippen LogP) is 3.82. The summed E-state index contributed by atoms with van der Waals surface area (Å²) < 4.78 is 0. The first-order chi connectivity index (χ1) is 13.1. The molecule has 0 bridgehead atoms. The molecule has 0 aromatic heterocycles. The molecule has 1 saturated carbocycles. The lowest BCUT2D eigenvalue weighted by Gasteiger charge is -2.41. The highest BCUT2D eigenvalue weighted by Crippen LogP contribution is 2.24. The van der Waals surface area contributed by atoms with Gasteiger partial charge in [-0.1, -0.05) is 47.5 Å². The van der Waals surface area contributed by atoms with E-state index in [-0.39, 0.29) is 23.4 Å². The van der Waals surface area contributed by atoms with Crippen LogP contribution in [-0.4, -0.2) is 53.2 Å². The van der Waals surface area contributed by atoms with E-state index in [4.69, 9.17) is 12.2 Å². The summed E-state index contributed by atoms with van der Waals surface area (Å²) in [4.78, 5) is 15.3. The molecule has 164 valence electrons. The van der Waals surface area contributed by atoms with Crippen molar-refractivity contribution in [3.05, 3.63) is 0 Å². The molecule has 1 fully saturated rings. The molecule has 0 aromatic rings. The van der Waals surface area contributed by atoms with Crippen LogP contribution in [0.1, 0.15) is 87.0 Å². The first-order valence-corrected chi connectivity index (χ1v) is 11.6. The zero-order valence-electron chi connectivity index (χ0n) is 19.2. The molecule has 3 atom stereocenters. The number of hydrogen-bond acceptors (Lipinski definition) is 3. The van der Waals surface area contributed by atoms with Crippen molar-refractivity contribution in [2.24, 2.45) is 5.41 Å². The topological polar surface area (TPSA) is 56.4 Å². The molecule has 0 aromatic carbocycles. The summed E-state index contributed by atoms with van der Waals surface area (Å²) in [7, 11) is 0. The first kappa shape index (κ1) is 25.2. The average molecular weight is 413 g/mol. The van der Waals surface area contributed by atoms with Gasteiger partial charge in [0, 0.05) is 18.1 Å². The Bertz CT molecular complexity index is 483. The number of hydrogen-bond donors (Lipinski definition) is 3. The van der Waals surface area contributed by atoms with Crippen LogP contribution in [0, 0.1) is 5.41 Å². The molecule has 0 spiro atoms. The van der Waals surface area contributed by atoms with Gasteiger partial charge < -0.3 is 16.0 Å². The molecule has 0 saturated heterocycles. The van der Waals surface area contributed by atoms with Crippen molar-refractivity contribution in [2.75, 3.05) is 13.1 Å². The highest BCUT2D eigenvalue weighted by Gasteiger charge is 2.34. The lowest BCUT2D eigenvalue weighted by molar-refractivity contribution is -0.125. The Morgan fingerprint density at radius 2 is 1.64 bits per heavy atom. The second-order valence-corrected chi connectivity index (χ2v) is 9.98. The van der Waals surface area contributed by atoms with E-state index in [0.717, 1.165) is 19.5 Å².